The number of fused-ring (bicyclic) bond motifs is 1. The Morgan fingerprint density at radius 2 is 1.84 bits per heavy atom. The van der Waals surface area contributed by atoms with Gasteiger partial charge in [0, 0.05) is 24.1 Å². The van der Waals surface area contributed by atoms with Crippen molar-refractivity contribution in [2.75, 3.05) is 20.2 Å². The molecule has 0 aliphatic carbocycles. The molecule has 25 heavy (non-hydrogen) atoms. The van der Waals surface area contributed by atoms with E-state index in [0.717, 1.165) is 22.2 Å². The number of nitrogens with one attached hydrogen (secondary N) is 1. The minimum Gasteiger partial charge on any atom is -0.492 e. The third-order valence-corrected chi connectivity index (χ3v) is 4.33. The van der Waals surface area contributed by atoms with Crippen LogP contribution in [-0.2, 0) is 11.2 Å². The molecule has 3 aromatic rings. The highest BCUT2D eigenvalue weighted by molar-refractivity contribution is 5.88. The number of aromatic nitrogens is 1. The summed E-state index contributed by atoms with van der Waals surface area (Å²) < 4.78 is 5.79. The lowest BCUT2D eigenvalue weighted by Gasteiger charge is -2.17. The van der Waals surface area contributed by atoms with Gasteiger partial charge in [0.25, 0.3) is 0 Å². The first-order valence-corrected chi connectivity index (χ1v) is 8.53. The summed E-state index contributed by atoms with van der Waals surface area (Å²) >= 11 is 0. The molecule has 2 aromatic carbocycles. The largest absolute Gasteiger partial charge is 0.492 e. The van der Waals surface area contributed by atoms with Crippen LogP contribution >= 0.6 is 0 Å². The Bertz CT molecular complexity index is 862. The second-order valence-electron chi connectivity index (χ2n) is 6.52. The summed E-state index contributed by atoms with van der Waals surface area (Å²) in [6.07, 6.45) is 2.31. The van der Waals surface area contributed by atoms with Crippen molar-refractivity contribution in [3.63, 3.8) is 0 Å². The first-order valence-electron chi connectivity index (χ1n) is 8.53. The molecule has 0 spiro atoms. The Morgan fingerprint density at radius 1 is 1.12 bits per heavy atom. The topological polar surface area (TPSA) is 45.3 Å². The average molecular weight is 336 g/mol. The van der Waals surface area contributed by atoms with Crippen molar-refractivity contribution >= 4 is 16.8 Å². The zero-order valence-electron chi connectivity index (χ0n) is 15.0. The number of ether oxygens (including phenoxy) is 1. The van der Waals surface area contributed by atoms with Gasteiger partial charge in [0.05, 0.1) is 13.0 Å². The smallest absolute Gasteiger partial charge is 0.226 e. The Hall–Kier alpha value is -2.75. The third kappa shape index (κ3) is 4.21. The van der Waals surface area contributed by atoms with Gasteiger partial charge in [-0.25, -0.2) is 0 Å². The summed E-state index contributed by atoms with van der Waals surface area (Å²) in [5.74, 6) is 0.948. The number of benzene rings is 2. The number of hydrogen-bond donors (Lipinski definition) is 1. The van der Waals surface area contributed by atoms with Crippen molar-refractivity contribution in [2.24, 2.45) is 0 Å². The van der Waals surface area contributed by atoms with E-state index >= 15 is 0 Å². The maximum absolute atomic E-state index is 12.5. The number of hydrogen-bond acceptors (Lipinski definition) is 2. The molecular formula is C21H24N2O2. The summed E-state index contributed by atoms with van der Waals surface area (Å²) in [6.45, 7) is 5.15. The van der Waals surface area contributed by atoms with Crippen molar-refractivity contribution in [3.8, 4) is 5.75 Å². The predicted octanol–water partition coefficient (Wildman–Crippen LogP) is 3.86. The molecule has 0 saturated heterocycles. The van der Waals surface area contributed by atoms with Crippen LogP contribution in [0.15, 0.2) is 48.7 Å². The Balaban J connectivity index is 1.54. The number of carbonyl (C=O) groups is 1. The Morgan fingerprint density at radius 3 is 2.60 bits per heavy atom. The number of rotatable bonds is 6. The number of aryl methyl sites for hydroxylation is 2. The Labute approximate surface area is 148 Å². The molecule has 0 unspecified atom stereocenters. The van der Waals surface area contributed by atoms with Crippen molar-refractivity contribution in [1.82, 2.24) is 9.88 Å². The van der Waals surface area contributed by atoms with Crippen LogP contribution in [0.2, 0.25) is 0 Å². The van der Waals surface area contributed by atoms with Crippen LogP contribution in [0.5, 0.6) is 5.75 Å². The number of amides is 1. The molecule has 0 fully saturated rings. The number of H-pyrrole nitrogens is 1. The maximum atomic E-state index is 12.5. The van der Waals surface area contributed by atoms with Crippen molar-refractivity contribution in [1.29, 1.82) is 0 Å². The van der Waals surface area contributed by atoms with Gasteiger partial charge in [-0.3, -0.25) is 4.79 Å². The van der Waals surface area contributed by atoms with E-state index in [0.29, 0.717) is 19.6 Å². The molecule has 1 N–H and O–H groups in total. The maximum Gasteiger partial charge on any atom is 0.226 e. The summed E-state index contributed by atoms with van der Waals surface area (Å²) in [7, 11) is 1.82. The lowest BCUT2D eigenvalue weighted by atomic mass is 10.1. The van der Waals surface area contributed by atoms with Crippen molar-refractivity contribution in [3.05, 3.63) is 65.4 Å². The first-order chi connectivity index (χ1) is 12.0. The molecule has 1 aromatic heterocycles. The van der Waals surface area contributed by atoms with Gasteiger partial charge < -0.3 is 14.6 Å². The van der Waals surface area contributed by atoms with Gasteiger partial charge in [0.15, 0.2) is 0 Å². The molecule has 0 atom stereocenters. The van der Waals surface area contributed by atoms with E-state index in [9.17, 15) is 4.79 Å². The molecule has 3 rings (SSSR count). The standard InChI is InChI=1S/C21H24N2O2/c1-15-10-16(2)12-18(11-15)25-9-8-23(3)21(24)13-17-14-22-20-7-5-4-6-19(17)20/h4-7,10-12,14,22H,8-9,13H2,1-3H3. The fourth-order valence-electron chi connectivity index (χ4n) is 3.02. The number of aromatic amines is 1. The van der Waals surface area contributed by atoms with Gasteiger partial charge in [-0.15, -0.1) is 0 Å². The molecule has 1 amide bonds. The van der Waals surface area contributed by atoms with E-state index in [1.54, 1.807) is 4.90 Å². The molecule has 0 aliphatic heterocycles. The van der Waals surface area contributed by atoms with E-state index in [2.05, 4.69) is 24.9 Å². The van der Waals surface area contributed by atoms with Crippen LogP contribution in [0.25, 0.3) is 10.9 Å². The zero-order chi connectivity index (χ0) is 17.8. The van der Waals surface area contributed by atoms with Crippen molar-refractivity contribution < 1.29 is 9.53 Å². The normalized spacial score (nSPS) is 10.8. The SMILES string of the molecule is Cc1cc(C)cc(OCCN(C)C(=O)Cc2c[nH]c3ccccc23)c1. The van der Waals surface area contributed by atoms with E-state index in [1.165, 1.54) is 11.1 Å². The monoisotopic (exact) mass is 336 g/mol. The highest BCUT2D eigenvalue weighted by Gasteiger charge is 2.12. The quantitative estimate of drug-likeness (QED) is 0.743. The minimum atomic E-state index is 0.0915. The average Bonchev–Trinajstić information content (AvgIpc) is 2.97. The van der Waals surface area contributed by atoms with Crippen LogP contribution in [0, 0.1) is 13.8 Å². The van der Waals surface area contributed by atoms with Crippen LogP contribution in [0.4, 0.5) is 0 Å². The first kappa shape index (κ1) is 17.1. The van der Waals surface area contributed by atoms with Crippen LogP contribution in [-0.4, -0.2) is 36.0 Å². The van der Waals surface area contributed by atoms with Crippen molar-refractivity contribution in [2.45, 2.75) is 20.3 Å². The van der Waals surface area contributed by atoms with Gasteiger partial charge in [-0.1, -0.05) is 24.3 Å². The number of nitrogens with zero attached hydrogens (tertiary/aromatic N) is 1. The van der Waals surface area contributed by atoms with Gasteiger partial charge in [0.2, 0.25) is 5.91 Å². The van der Waals surface area contributed by atoms with Gasteiger partial charge >= 0.3 is 0 Å². The summed E-state index contributed by atoms with van der Waals surface area (Å²) in [5.41, 5.74) is 4.45. The molecule has 130 valence electrons. The number of likely N-dealkylation sites (N-methyl/N-ethyl adjacent to an activating group) is 1. The van der Waals surface area contributed by atoms with Crippen LogP contribution < -0.4 is 4.74 Å². The van der Waals surface area contributed by atoms with Gasteiger partial charge in [0.1, 0.15) is 12.4 Å². The van der Waals surface area contributed by atoms with Crippen LogP contribution in [0.1, 0.15) is 16.7 Å². The summed E-state index contributed by atoms with van der Waals surface area (Å²) in [6, 6.07) is 14.2. The predicted molar refractivity (Wildman–Crippen MR) is 101 cm³/mol. The molecule has 4 heteroatoms. The lowest BCUT2D eigenvalue weighted by Crippen LogP contribution is -2.32. The number of para-hydroxylation sites is 1. The molecular weight excluding hydrogens is 312 g/mol. The second kappa shape index (κ2) is 7.43. The fourth-order valence-corrected chi connectivity index (χ4v) is 3.02. The molecule has 0 radical (unpaired) electrons. The van der Waals surface area contributed by atoms with E-state index < -0.39 is 0 Å². The molecule has 0 bridgehead atoms. The van der Waals surface area contributed by atoms with E-state index in [1.807, 2.05) is 49.6 Å². The molecule has 0 aliphatic rings. The highest BCUT2D eigenvalue weighted by atomic mass is 16.5. The van der Waals surface area contributed by atoms with E-state index in [4.69, 9.17) is 4.74 Å². The molecule has 0 saturated carbocycles. The molecule has 4 nitrogen and oxygen atoms in total. The third-order valence-electron chi connectivity index (χ3n) is 4.33. The van der Waals surface area contributed by atoms with Gasteiger partial charge in [-0.05, 0) is 48.7 Å². The second-order valence-corrected chi connectivity index (χ2v) is 6.52. The zero-order valence-corrected chi connectivity index (χ0v) is 15.0. The Kier molecular flexibility index (Phi) is 5.08. The minimum absolute atomic E-state index is 0.0915. The van der Waals surface area contributed by atoms with Gasteiger partial charge in [-0.2, -0.15) is 0 Å². The summed E-state index contributed by atoms with van der Waals surface area (Å²) in [4.78, 5) is 17.4. The number of carbonyl (C=O) groups excluding carboxylic acids is 1. The van der Waals surface area contributed by atoms with Crippen LogP contribution in [0.3, 0.4) is 0 Å². The fraction of sp³-hybridized carbons (Fsp3) is 0.286. The summed E-state index contributed by atoms with van der Waals surface area (Å²) in [5, 5.41) is 1.11. The lowest BCUT2D eigenvalue weighted by molar-refractivity contribution is -0.129. The highest BCUT2D eigenvalue weighted by Crippen LogP contribution is 2.19. The molecule has 1 heterocycles. The van der Waals surface area contributed by atoms with E-state index in [-0.39, 0.29) is 5.91 Å².